The third-order valence-electron chi connectivity index (χ3n) is 1.96. The average molecular weight is 301 g/mol. The van der Waals surface area contributed by atoms with Crippen LogP contribution in [0.3, 0.4) is 0 Å². The van der Waals surface area contributed by atoms with E-state index in [1.807, 2.05) is 0 Å². The van der Waals surface area contributed by atoms with Crippen LogP contribution in [0.2, 0.25) is 0 Å². The smallest absolute Gasteiger partial charge is 0.168 e. The molecule has 0 atom stereocenters. The summed E-state index contributed by atoms with van der Waals surface area (Å²) in [5.74, 6) is -0.984. The number of hydrogen-bond donors (Lipinski definition) is 1. The number of anilines is 1. The van der Waals surface area contributed by atoms with Crippen LogP contribution >= 0.6 is 15.9 Å². The van der Waals surface area contributed by atoms with Crippen LogP contribution in [0.5, 0.6) is 11.5 Å². The Bertz CT molecular complexity index is 563. The molecule has 0 aliphatic heterocycles. The van der Waals surface area contributed by atoms with Crippen molar-refractivity contribution in [1.29, 1.82) is 0 Å². The van der Waals surface area contributed by atoms with Crippen molar-refractivity contribution in [2.45, 2.75) is 0 Å². The standard InChI is InChI=1S/C11H7BrF2N2O/c12-7-5-16-11(15)4-10(7)17-9-2-1-6(13)3-8(9)14/h1-5H,(H2,15,16). The summed E-state index contributed by atoms with van der Waals surface area (Å²) in [5, 5.41) is 0. The van der Waals surface area contributed by atoms with Gasteiger partial charge in [0.15, 0.2) is 11.6 Å². The maximum absolute atomic E-state index is 13.3. The van der Waals surface area contributed by atoms with Crippen molar-refractivity contribution in [1.82, 2.24) is 4.98 Å². The highest BCUT2D eigenvalue weighted by Crippen LogP contribution is 2.31. The van der Waals surface area contributed by atoms with Crippen LogP contribution in [-0.4, -0.2) is 4.98 Å². The Morgan fingerprint density at radius 2 is 1.94 bits per heavy atom. The Hall–Kier alpha value is -1.69. The number of nitrogen functional groups attached to an aromatic ring is 1. The summed E-state index contributed by atoms with van der Waals surface area (Å²) in [6, 6.07) is 4.49. The van der Waals surface area contributed by atoms with Crippen LogP contribution in [0.4, 0.5) is 14.6 Å². The molecule has 17 heavy (non-hydrogen) atoms. The van der Waals surface area contributed by atoms with Gasteiger partial charge in [-0.15, -0.1) is 0 Å². The Labute approximate surface area is 104 Å². The van der Waals surface area contributed by atoms with E-state index in [1.165, 1.54) is 18.3 Å². The second kappa shape index (κ2) is 4.67. The highest BCUT2D eigenvalue weighted by atomic mass is 79.9. The highest BCUT2D eigenvalue weighted by molar-refractivity contribution is 9.10. The Kier molecular flexibility index (Phi) is 3.23. The minimum absolute atomic E-state index is 0.0855. The highest BCUT2D eigenvalue weighted by Gasteiger charge is 2.09. The molecule has 2 aromatic rings. The minimum atomic E-state index is -0.785. The number of rotatable bonds is 2. The molecule has 0 aliphatic rings. The maximum Gasteiger partial charge on any atom is 0.168 e. The quantitative estimate of drug-likeness (QED) is 0.923. The number of ether oxygens (including phenoxy) is 1. The molecule has 2 rings (SSSR count). The molecule has 0 radical (unpaired) electrons. The van der Waals surface area contributed by atoms with Gasteiger partial charge in [0, 0.05) is 18.3 Å². The number of benzene rings is 1. The van der Waals surface area contributed by atoms with Gasteiger partial charge in [0.25, 0.3) is 0 Å². The molecule has 0 saturated heterocycles. The number of hydrogen-bond acceptors (Lipinski definition) is 3. The number of pyridine rings is 1. The second-order valence-electron chi connectivity index (χ2n) is 3.22. The Morgan fingerprint density at radius 1 is 1.18 bits per heavy atom. The van der Waals surface area contributed by atoms with Crippen molar-refractivity contribution < 1.29 is 13.5 Å². The topological polar surface area (TPSA) is 48.1 Å². The molecule has 0 fully saturated rings. The van der Waals surface area contributed by atoms with E-state index in [-0.39, 0.29) is 11.6 Å². The van der Waals surface area contributed by atoms with Crippen LogP contribution in [0, 0.1) is 11.6 Å². The van der Waals surface area contributed by atoms with Gasteiger partial charge in [0.1, 0.15) is 17.4 Å². The first-order valence-corrected chi connectivity index (χ1v) is 5.39. The average Bonchev–Trinajstić information content (AvgIpc) is 2.27. The third kappa shape index (κ3) is 2.71. The number of nitrogens with two attached hydrogens (primary N) is 1. The zero-order valence-electron chi connectivity index (χ0n) is 8.45. The fraction of sp³-hybridized carbons (Fsp3) is 0. The van der Waals surface area contributed by atoms with E-state index in [0.717, 1.165) is 12.1 Å². The molecule has 6 heteroatoms. The van der Waals surface area contributed by atoms with Gasteiger partial charge in [-0.05, 0) is 28.1 Å². The lowest BCUT2D eigenvalue weighted by Gasteiger charge is -2.08. The first kappa shape index (κ1) is 11.8. The van der Waals surface area contributed by atoms with E-state index in [2.05, 4.69) is 20.9 Å². The van der Waals surface area contributed by atoms with Crippen molar-refractivity contribution in [2.24, 2.45) is 0 Å². The van der Waals surface area contributed by atoms with E-state index in [1.54, 1.807) is 0 Å². The minimum Gasteiger partial charge on any atom is -0.453 e. The molecule has 3 nitrogen and oxygen atoms in total. The van der Waals surface area contributed by atoms with Gasteiger partial charge in [-0.3, -0.25) is 0 Å². The molecule has 0 amide bonds. The molecule has 0 unspecified atom stereocenters. The molecule has 2 N–H and O–H groups in total. The molecular formula is C11H7BrF2N2O. The predicted molar refractivity (Wildman–Crippen MR) is 62.8 cm³/mol. The lowest BCUT2D eigenvalue weighted by molar-refractivity contribution is 0.435. The van der Waals surface area contributed by atoms with E-state index >= 15 is 0 Å². The molecule has 88 valence electrons. The van der Waals surface area contributed by atoms with E-state index in [9.17, 15) is 8.78 Å². The van der Waals surface area contributed by atoms with Gasteiger partial charge in [0.05, 0.1) is 4.47 Å². The van der Waals surface area contributed by atoms with Crippen LogP contribution in [-0.2, 0) is 0 Å². The van der Waals surface area contributed by atoms with Crippen LogP contribution in [0.15, 0.2) is 34.9 Å². The molecule has 1 aromatic heterocycles. The van der Waals surface area contributed by atoms with Gasteiger partial charge >= 0.3 is 0 Å². The van der Waals surface area contributed by atoms with Crippen molar-refractivity contribution in [3.63, 3.8) is 0 Å². The number of halogens is 3. The molecular weight excluding hydrogens is 294 g/mol. The molecule has 0 saturated carbocycles. The molecule has 1 heterocycles. The van der Waals surface area contributed by atoms with E-state index < -0.39 is 11.6 Å². The van der Waals surface area contributed by atoms with Gasteiger partial charge in [-0.25, -0.2) is 13.8 Å². The maximum atomic E-state index is 13.3. The first-order chi connectivity index (χ1) is 8.06. The van der Waals surface area contributed by atoms with E-state index in [4.69, 9.17) is 10.5 Å². The predicted octanol–water partition coefficient (Wildman–Crippen LogP) is 3.50. The summed E-state index contributed by atoms with van der Waals surface area (Å²) >= 11 is 3.19. The fourth-order valence-corrected chi connectivity index (χ4v) is 1.49. The van der Waals surface area contributed by atoms with Gasteiger partial charge < -0.3 is 10.5 Å². The first-order valence-electron chi connectivity index (χ1n) is 4.60. The fourth-order valence-electron chi connectivity index (χ4n) is 1.19. The molecule has 0 aliphatic carbocycles. The largest absolute Gasteiger partial charge is 0.453 e. The molecule has 1 aromatic carbocycles. The van der Waals surface area contributed by atoms with Crippen LogP contribution in [0.25, 0.3) is 0 Å². The Morgan fingerprint density at radius 3 is 2.65 bits per heavy atom. The summed E-state index contributed by atoms with van der Waals surface area (Å²) in [7, 11) is 0. The van der Waals surface area contributed by atoms with Gasteiger partial charge in [-0.2, -0.15) is 0 Å². The zero-order chi connectivity index (χ0) is 12.4. The monoisotopic (exact) mass is 300 g/mol. The van der Waals surface area contributed by atoms with Crippen molar-refractivity contribution in [2.75, 3.05) is 5.73 Å². The van der Waals surface area contributed by atoms with Crippen molar-refractivity contribution in [3.8, 4) is 11.5 Å². The Balaban J connectivity index is 2.34. The van der Waals surface area contributed by atoms with E-state index in [0.29, 0.717) is 10.2 Å². The summed E-state index contributed by atoms with van der Waals surface area (Å²) < 4.78 is 31.8. The SMILES string of the molecule is Nc1cc(Oc2ccc(F)cc2F)c(Br)cn1. The van der Waals surface area contributed by atoms with Crippen molar-refractivity contribution in [3.05, 3.63) is 46.6 Å². The summed E-state index contributed by atoms with van der Waals surface area (Å²) in [6.07, 6.45) is 1.44. The van der Waals surface area contributed by atoms with Gasteiger partial charge in [0.2, 0.25) is 0 Å². The second-order valence-corrected chi connectivity index (χ2v) is 4.07. The third-order valence-corrected chi connectivity index (χ3v) is 2.55. The lowest BCUT2D eigenvalue weighted by Crippen LogP contribution is -1.94. The summed E-state index contributed by atoms with van der Waals surface area (Å²) in [6.45, 7) is 0. The van der Waals surface area contributed by atoms with Gasteiger partial charge in [-0.1, -0.05) is 0 Å². The normalized spacial score (nSPS) is 10.3. The van der Waals surface area contributed by atoms with Crippen molar-refractivity contribution >= 4 is 21.7 Å². The van der Waals surface area contributed by atoms with Crippen LogP contribution < -0.4 is 10.5 Å². The summed E-state index contributed by atoms with van der Waals surface area (Å²) in [4.78, 5) is 3.81. The zero-order valence-corrected chi connectivity index (χ0v) is 10.0. The summed E-state index contributed by atoms with van der Waals surface area (Å²) in [5.41, 5.74) is 5.48. The molecule has 0 bridgehead atoms. The number of nitrogens with zero attached hydrogens (tertiary/aromatic N) is 1. The van der Waals surface area contributed by atoms with Crippen LogP contribution in [0.1, 0.15) is 0 Å². The number of aromatic nitrogens is 1. The lowest BCUT2D eigenvalue weighted by atomic mass is 10.3. The molecule has 0 spiro atoms.